The Kier molecular flexibility index (Phi) is 7.92. The van der Waals surface area contributed by atoms with E-state index in [0.29, 0.717) is 38.3 Å². The number of unbranched alkanes of at least 4 members (excludes halogenated alkanes) is 1. The summed E-state index contributed by atoms with van der Waals surface area (Å²) in [4.78, 5) is 21.6. The molecular formula is C25H27N5O. The summed E-state index contributed by atoms with van der Waals surface area (Å²) in [5.41, 5.74) is 4.08. The maximum atomic E-state index is 13.3. The number of rotatable bonds is 10. The molecule has 1 amide bonds. The average Bonchev–Trinajstić information content (AvgIpc) is 3.06. The van der Waals surface area contributed by atoms with Crippen molar-refractivity contribution in [1.29, 1.82) is 10.5 Å². The summed E-state index contributed by atoms with van der Waals surface area (Å²) in [6.07, 6.45) is 4.05. The molecule has 0 N–H and O–H groups in total. The zero-order valence-electron chi connectivity index (χ0n) is 17.9. The summed E-state index contributed by atoms with van der Waals surface area (Å²) in [7, 11) is 0. The van der Waals surface area contributed by atoms with Crippen LogP contribution >= 0.6 is 0 Å². The molecule has 0 saturated heterocycles. The van der Waals surface area contributed by atoms with Crippen LogP contribution in [0.5, 0.6) is 0 Å². The Hall–Kier alpha value is -3.48. The lowest BCUT2D eigenvalue weighted by molar-refractivity contribution is -0.112. The lowest BCUT2D eigenvalue weighted by atomic mass is 10.1. The van der Waals surface area contributed by atoms with E-state index in [0.717, 1.165) is 36.2 Å². The van der Waals surface area contributed by atoms with Gasteiger partial charge in [0.1, 0.15) is 5.71 Å². The number of fused-ring (bicyclic) bond motifs is 1. The Morgan fingerprint density at radius 3 is 2.32 bits per heavy atom. The highest BCUT2D eigenvalue weighted by Crippen LogP contribution is 2.31. The van der Waals surface area contributed by atoms with E-state index in [2.05, 4.69) is 36.2 Å². The number of aryl methyl sites for hydroxylation is 1. The number of aliphatic imine (C=N–C) groups is 1. The van der Waals surface area contributed by atoms with Gasteiger partial charge in [0.15, 0.2) is 0 Å². The minimum atomic E-state index is -0.157. The molecule has 0 aliphatic carbocycles. The number of amides is 1. The molecule has 1 aliphatic rings. The predicted octanol–water partition coefficient (Wildman–Crippen LogP) is 4.58. The largest absolute Gasteiger partial charge is 0.293 e. The first kappa shape index (κ1) is 22.2. The van der Waals surface area contributed by atoms with Crippen molar-refractivity contribution in [2.24, 2.45) is 4.99 Å². The van der Waals surface area contributed by atoms with Gasteiger partial charge in [-0.2, -0.15) is 10.5 Å². The number of benzene rings is 2. The van der Waals surface area contributed by atoms with Gasteiger partial charge in [-0.3, -0.25) is 14.6 Å². The summed E-state index contributed by atoms with van der Waals surface area (Å²) in [6.45, 7) is 3.52. The van der Waals surface area contributed by atoms with Crippen molar-refractivity contribution < 1.29 is 4.79 Å². The second-order valence-electron chi connectivity index (χ2n) is 7.56. The van der Waals surface area contributed by atoms with Crippen molar-refractivity contribution in [3.05, 3.63) is 59.7 Å². The number of anilines is 1. The zero-order chi connectivity index (χ0) is 22.1. The monoisotopic (exact) mass is 413 g/mol. The third-order valence-electron chi connectivity index (χ3n) is 5.32. The molecule has 6 nitrogen and oxygen atoms in total. The Labute approximate surface area is 184 Å². The molecule has 158 valence electrons. The normalized spacial score (nSPS) is 14.0. The summed E-state index contributed by atoms with van der Waals surface area (Å²) in [6, 6.07) is 20.0. The van der Waals surface area contributed by atoms with Gasteiger partial charge in [0, 0.05) is 31.5 Å². The van der Waals surface area contributed by atoms with Crippen LogP contribution in [0.4, 0.5) is 11.4 Å². The van der Waals surface area contributed by atoms with Crippen LogP contribution in [0.15, 0.2) is 53.5 Å². The highest BCUT2D eigenvalue weighted by molar-refractivity contribution is 6.54. The third kappa shape index (κ3) is 5.57. The Morgan fingerprint density at radius 2 is 1.68 bits per heavy atom. The van der Waals surface area contributed by atoms with E-state index in [1.54, 1.807) is 4.90 Å². The molecule has 0 saturated carbocycles. The molecule has 31 heavy (non-hydrogen) atoms. The third-order valence-corrected chi connectivity index (χ3v) is 5.32. The molecule has 1 aliphatic heterocycles. The van der Waals surface area contributed by atoms with Crippen LogP contribution in [0.1, 0.15) is 43.7 Å². The molecule has 1 heterocycles. The lowest BCUT2D eigenvalue weighted by Crippen LogP contribution is -2.41. The van der Waals surface area contributed by atoms with E-state index in [4.69, 9.17) is 10.5 Å². The van der Waals surface area contributed by atoms with Crippen LogP contribution in [-0.2, 0) is 11.2 Å². The smallest absolute Gasteiger partial charge is 0.278 e. The van der Waals surface area contributed by atoms with Crippen molar-refractivity contribution in [2.75, 3.05) is 24.7 Å². The first-order chi connectivity index (χ1) is 15.2. The van der Waals surface area contributed by atoms with Gasteiger partial charge in [0.05, 0.1) is 30.2 Å². The summed E-state index contributed by atoms with van der Waals surface area (Å²) in [5, 5.41) is 17.9. The van der Waals surface area contributed by atoms with Crippen LogP contribution in [0, 0.1) is 22.7 Å². The van der Waals surface area contributed by atoms with Gasteiger partial charge in [-0.25, -0.2) is 4.99 Å². The van der Waals surface area contributed by atoms with Crippen LogP contribution in [-0.4, -0.2) is 36.3 Å². The van der Waals surface area contributed by atoms with E-state index >= 15 is 0 Å². The average molecular weight is 414 g/mol. The molecule has 0 bridgehead atoms. The topological polar surface area (TPSA) is 83.5 Å². The van der Waals surface area contributed by atoms with E-state index in [1.165, 1.54) is 5.56 Å². The molecule has 0 aromatic heterocycles. The van der Waals surface area contributed by atoms with Gasteiger partial charge < -0.3 is 0 Å². The number of carbonyl (C=O) groups is 1. The standard InChI is InChI=1S/C25H27N5O/c1-2-3-8-20-11-13-21(14-12-20)28-24-22-9-4-5-10-23(22)30(25(24)31)19-29(17-6-15-26)18-7-16-27/h4-5,9-14H,2-3,6-8,17-19H2,1H3. The predicted molar refractivity (Wildman–Crippen MR) is 122 cm³/mol. The summed E-state index contributed by atoms with van der Waals surface area (Å²) < 4.78 is 0. The second-order valence-corrected chi connectivity index (χ2v) is 7.56. The second kappa shape index (κ2) is 11.1. The van der Waals surface area contributed by atoms with Crippen molar-refractivity contribution in [3.8, 4) is 12.1 Å². The van der Waals surface area contributed by atoms with Crippen LogP contribution in [0.3, 0.4) is 0 Å². The molecule has 0 radical (unpaired) electrons. The highest BCUT2D eigenvalue weighted by atomic mass is 16.2. The summed E-state index contributed by atoms with van der Waals surface area (Å²) in [5.74, 6) is -0.157. The number of nitrogens with zero attached hydrogens (tertiary/aromatic N) is 5. The molecule has 2 aromatic carbocycles. The van der Waals surface area contributed by atoms with Crippen LogP contribution in [0.2, 0.25) is 0 Å². The number of hydrogen-bond acceptors (Lipinski definition) is 5. The molecule has 6 heteroatoms. The Balaban J connectivity index is 1.85. The highest BCUT2D eigenvalue weighted by Gasteiger charge is 2.34. The molecule has 0 fully saturated rings. The number of carbonyl (C=O) groups excluding carboxylic acids is 1. The molecule has 2 aromatic rings. The maximum absolute atomic E-state index is 13.3. The first-order valence-corrected chi connectivity index (χ1v) is 10.7. The fourth-order valence-electron chi connectivity index (χ4n) is 3.63. The molecular weight excluding hydrogens is 386 g/mol. The quantitative estimate of drug-likeness (QED) is 0.570. The van der Waals surface area contributed by atoms with E-state index < -0.39 is 0 Å². The van der Waals surface area contributed by atoms with E-state index in [9.17, 15) is 4.79 Å². The molecule has 0 unspecified atom stereocenters. The van der Waals surface area contributed by atoms with Crippen LogP contribution in [0.25, 0.3) is 0 Å². The zero-order valence-corrected chi connectivity index (χ0v) is 17.9. The minimum Gasteiger partial charge on any atom is -0.293 e. The number of hydrogen-bond donors (Lipinski definition) is 0. The molecule has 0 atom stereocenters. The van der Waals surface area contributed by atoms with Gasteiger partial charge in [-0.1, -0.05) is 43.7 Å². The van der Waals surface area contributed by atoms with Gasteiger partial charge >= 0.3 is 0 Å². The molecule has 0 spiro atoms. The number of nitriles is 2. The van der Waals surface area contributed by atoms with E-state index in [-0.39, 0.29) is 5.91 Å². The van der Waals surface area contributed by atoms with Gasteiger partial charge in [0.25, 0.3) is 5.91 Å². The van der Waals surface area contributed by atoms with Crippen molar-refractivity contribution in [3.63, 3.8) is 0 Å². The van der Waals surface area contributed by atoms with Crippen LogP contribution < -0.4 is 4.90 Å². The SMILES string of the molecule is CCCCc1ccc(N=C2C(=O)N(CN(CCC#N)CCC#N)c3ccccc32)cc1. The first-order valence-electron chi connectivity index (χ1n) is 10.7. The van der Waals surface area contributed by atoms with Crippen molar-refractivity contribution in [1.82, 2.24) is 4.90 Å². The molecule has 3 rings (SSSR count). The minimum absolute atomic E-state index is 0.157. The van der Waals surface area contributed by atoms with Crippen molar-refractivity contribution in [2.45, 2.75) is 39.0 Å². The Morgan fingerprint density at radius 1 is 1.00 bits per heavy atom. The maximum Gasteiger partial charge on any atom is 0.278 e. The van der Waals surface area contributed by atoms with Gasteiger partial charge in [-0.05, 0) is 36.6 Å². The fraction of sp³-hybridized carbons (Fsp3) is 0.360. The van der Waals surface area contributed by atoms with E-state index in [1.807, 2.05) is 41.3 Å². The van der Waals surface area contributed by atoms with Crippen molar-refractivity contribution >= 4 is 23.0 Å². The Bertz CT molecular complexity index is 995. The van der Waals surface area contributed by atoms with Gasteiger partial charge in [-0.15, -0.1) is 0 Å². The summed E-state index contributed by atoms with van der Waals surface area (Å²) >= 11 is 0. The van der Waals surface area contributed by atoms with Gasteiger partial charge in [0.2, 0.25) is 0 Å². The lowest BCUT2D eigenvalue weighted by Gasteiger charge is -2.26. The number of para-hydroxylation sites is 1. The fourth-order valence-corrected chi connectivity index (χ4v) is 3.63.